The largest absolute Gasteiger partial charge is 0.491 e. The van der Waals surface area contributed by atoms with E-state index in [1.54, 1.807) is 24.3 Å². The highest BCUT2D eigenvalue weighted by molar-refractivity contribution is 7.98. The molecule has 3 aromatic carbocycles. The van der Waals surface area contributed by atoms with Crippen molar-refractivity contribution in [3.63, 3.8) is 0 Å². The molecule has 48 heavy (non-hydrogen) atoms. The van der Waals surface area contributed by atoms with Crippen LogP contribution in [0.1, 0.15) is 28.8 Å². The minimum Gasteiger partial charge on any atom is -0.491 e. The lowest BCUT2D eigenvalue weighted by molar-refractivity contribution is -0.132. The molecule has 10 nitrogen and oxygen atoms in total. The summed E-state index contributed by atoms with van der Waals surface area (Å²) in [5.41, 5.74) is 4.23. The van der Waals surface area contributed by atoms with Gasteiger partial charge in [-0.3, -0.25) is 13.8 Å². The summed E-state index contributed by atoms with van der Waals surface area (Å²) in [5.74, 6) is 0.777. The third-order valence-electron chi connectivity index (χ3n) is 8.51. The molecule has 2 heterocycles. The van der Waals surface area contributed by atoms with Crippen LogP contribution in [0.25, 0.3) is 0 Å². The van der Waals surface area contributed by atoms with Crippen molar-refractivity contribution in [3.05, 3.63) is 111 Å². The Balaban J connectivity index is 1.00. The van der Waals surface area contributed by atoms with E-state index in [0.29, 0.717) is 54.8 Å². The lowest BCUT2D eigenvalue weighted by Crippen LogP contribution is -2.49. The van der Waals surface area contributed by atoms with Crippen LogP contribution in [-0.4, -0.2) is 68.2 Å². The average Bonchev–Trinajstić information content (AvgIpc) is 3.60. The summed E-state index contributed by atoms with van der Waals surface area (Å²) in [6, 6.07) is 20.3. The lowest BCUT2D eigenvalue weighted by atomic mass is 10.2. The molecule has 6 rings (SSSR count). The van der Waals surface area contributed by atoms with Gasteiger partial charge in [0.15, 0.2) is 5.16 Å². The van der Waals surface area contributed by atoms with Crippen LogP contribution in [0.5, 0.6) is 5.75 Å². The van der Waals surface area contributed by atoms with Crippen molar-refractivity contribution in [2.75, 3.05) is 44.3 Å². The highest BCUT2D eigenvalue weighted by atomic mass is 32.2. The number of thioether (sulfide) groups is 1. The quantitative estimate of drug-likeness (QED) is 0.0911. The van der Waals surface area contributed by atoms with Gasteiger partial charge in [0.25, 0.3) is 15.7 Å². The number of aryl methyl sites for hydroxylation is 1. The zero-order chi connectivity index (χ0) is 33.7. The maximum atomic E-state index is 13.6. The number of piperazine rings is 1. The van der Waals surface area contributed by atoms with Crippen molar-refractivity contribution >= 4 is 33.5 Å². The maximum absolute atomic E-state index is 13.6. The van der Waals surface area contributed by atoms with Crippen LogP contribution in [0.3, 0.4) is 0 Å². The second-order valence-electron chi connectivity index (χ2n) is 11.8. The van der Waals surface area contributed by atoms with Gasteiger partial charge in [-0.15, -0.1) is 0 Å². The zero-order valence-electron chi connectivity index (χ0n) is 26.6. The smallest absolute Gasteiger partial charge is 0.297 e. The number of halogens is 1. The Hall–Kier alpha value is -4.20. The van der Waals surface area contributed by atoms with E-state index in [9.17, 15) is 22.4 Å². The van der Waals surface area contributed by atoms with Crippen molar-refractivity contribution in [1.29, 1.82) is 0 Å². The lowest BCUT2D eigenvalue weighted by Gasteiger charge is -2.36. The molecule has 13 heteroatoms. The normalized spacial score (nSPS) is 14.6. The molecule has 1 aromatic heterocycles. The van der Waals surface area contributed by atoms with Gasteiger partial charge in [0.2, 0.25) is 5.91 Å². The summed E-state index contributed by atoms with van der Waals surface area (Å²) in [6.07, 6.45) is 2.26. The fraction of sp³-hybridized carbons (Fsp3) is 0.343. The Morgan fingerprint density at radius 1 is 0.917 bits per heavy atom. The Labute approximate surface area is 283 Å². The number of hydrogen-bond acceptors (Lipinski definition) is 9. The number of amides is 1. The number of carbonyl (C=O) groups excluding carboxylic acids is 1. The molecule has 0 atom stereocenters. The molecule has 1 fully saturated rings. The Bertz CT molecular complexity index is 1910. The number of benzene rings is 3. The molecule has 4 aromatic rings. The van der Waals surface area contributed by atoms with E-state index in [4.69, 9.17) is 8.92 Å². The van der Waals surface area contributed by atoms with Crippen LogP contribution in [-0.2, 0) is 44.2 Å². The van der Waals surface area contributed by atoms with Gasteiger partial charge >= 0.3 is 0 Å². The highest BCUT2D eigenvalue weighted by Gasteiger charge is 2.26. The molecule has 1 aliphatic heterocycles. The van der Waals surface area contributed by atoms with E-state index in [1.807, 2.05) is 40.7 Å². The molecular weight excluding hydrogens is 656 g/mol. The van der Waals surface area contributed by atoms with Gasteiger partial charge in [-0.25, -0.2) is 4.39 Å². The number of ether oxygens (including phenoxy) is 1. The summed E-state index contributed by atoms with van der Waals surface area (Å²) >= 11 is 1.39. The second kappa shape index (κ2) is 14.9. The van der Waals surface area contributed by atoms with Gasteiger partial charge in [0, 0.05) is 48.9 Å². The molecule has 0 radical (unpaired) electrons. The van der Waals surface area contributed by atoms with Gasteiger partial charge < -0.3 is 19.1 Å². The topological polar surface area (TPSA) is 111 Å². The van der Waals surface area contributed by atoms with Crippen LogP contribution in [0.15, 0.2) is 87.6 Å². The second-order valence-corrected chi connectivity index (χ2v) is 14.3. The van der Waals surface area contributed by atoms with Gasteiger partial charge in [-0.1, -0.05) is 41.6 Å². The molecule has 1 amide bonds. The number of nitrogens with zero attached hydrogens (tertiary/aromatic N) is 4. The van der Waals surface area contributed by atoms with E-state index in [0.717, 1.165) is 35.3 Å². The summed E-state index contributed by atoms with van der Waals surface area (Å²) in [5, 5.41) is 0.513. The molecule has 0 spiro atoms. The summed E-state index contributed by atoms with van der Waals surface area (Å²) in [6.45, 7) is 4.38. The minimum absolute atomic E-state index is 0.0202. The van der Waals surface area contributed by atoms with Crippen LogP contribution >= 0.6 is 11.8 Å². The Morgan fingerprint density at radius 3 is 2.33 bits per heavy atom. The average molecular weight is 693 g/mol. The summed E-state index contributed by atoms with van der Waals surface area (Å²) < 4.78 is 50.8. The molecule has 1 aliphatic carbocycles. The summed E-state index contributed by atoms with van der Waals surface area (Å²) in [7, 11) is -3.85. The van der Waals surface area contributed by atoms with Gasteiger partial charge in [-0.05, 0) is 80.3 Å². The molecule has 0 unspecified atom stereocenters. The standard InChI is InChI=1S/C35H37FN4O6S2/c1-25-5-15-30(16-6-25)48(43,44)46-22-21-45-29-13-11-28(12-14-29)38-17-19-39(20-18-38)33(41)23-40-32-4-2-3-31(32)34(42)37-35(40)47-24-26-7-9-27(36)10-8-26/h5-16H,2-4,17-24H2,1H3. The van der Waals surface area contributed by atoms with Crippen molar-refractivity contribution in [1.82, 2.24) is 14.5 Å². The van der Waals surface area contributed by atoms with E-state index < -0.39 is 10.1 Å². The van der Waals surface area contributed by atoms with Crippen molar-refractivity contribution in [2.24, 2.45) is 0 Å². The predicted octanol–water partition coefficient (Wildman–Crippen LogP) is 4.60. The number of fused-ring (bicyclic) bond motifs is 1. The van der Waals surface area contributed by atoms with Crippen LogP contribution in [0, 0.1) is 12.7 Å². The number of rotatable bonds is 12. The Morgan fingerprint density at radius 2 is 1.62 bits per heavy atom. The number of hydrogen-bond donors (Lipinski definition) is 0. The number of aromatic nitrogens is 2. The fourth-order valence-electron chi connectivity index (χ4n) is 5.87. The summed E-state index contributed by atoms with van der Waals surface area (Å²) in [4.78, 5) is 34.8. The Kier molecular flexibility index (Phi) is 10.5. The maximum Gasteiger partial charge on any atom is 0.297 e. The van der Waals surface area contributed by atoms with Crippen molar-refractivity contribution in [2.45, 2.75) is 48.5 Å². The zero-order valence-corrected chi connectivity index (χ0v) is 28.3. The molecule has 252 valence electrons. The molecule has 1 saturated heterocycles. The first kappa shape index (κ1) is 33.7. The van der Waals surface area contributed by atoms with Crippen LogP contribution in [0.2, 0.25) is 0 Å². The first-order valence-electron chi connectivity index (χ1n) is 15.9. The number of carbonyl (C=O) groups is 1. The monoisotopic (exact) mass is 692 g/mol. The van der Waals surface area contributed by atoms with Crippen LogP contribution in [0.4, 0.5) is 10.1 Å². The van der Waals surface area contributed by atoms with Crippen LogP contribution < -0.4 is 15.2 Å². The van der Waals surface area contributed by atoms with E-state index >= 15 is 0 Å². The molecule has 0 N–H and O–H groups in total. The third kappa shape index (κ3) is 8.08. The highest BCUT2D eigenvalue weighted by Crippen LogP contribution is 2.27. The van der Waals surface area contributed by atoms with Crippen molar-refractivity contribution in [3.8, 4) is 5.75 Å². The van der Waals surface area contributed by atoms with Gasteiger partial charge in [0.1, 0.15) is 31.3 Å². The van der Waals surface area contributed by atoms with E-state index in [2.05, 4.69) is 9.88 Å². The van der Waals surface area contributed by atoms with Gasteiger partial charge in [0.05, 0.1) is 4.90 Å². The third-order valence-corrected chi connectivity index (χ3v) is 10.9. The fourth-order valence-corrected chi connectivity index (χ4v) is 7.73. The first-order chi connectivity index (χ1) is 23.2. The molecule has 0 saturated carbocycles. The van der Waals surface area contributed by atoms with E-state index in [1.165, 1.54) is 36.0 Å². The van der Waals surface area contributed by atoms with Gasteiger partial charge in [-0.2, -0.15) is 13.4 Å². The molecule has 0 bridgehead atoms. The number of anilines is 1. The first-order valence-corrected chi connectivity index (χ1v) is 18.3. The minimum atomic E-state index is -3.85. The molecule has 2 aliphatic rings. The molecular formula is C35H37FN4O6S2. The van der Waals surface area contributed by atoms with E-state index in [-0.39, 0.29) is 41.9 Å². The SMILES string of the molecule is Cc1ccc(S(=O)(=O)OCCOc2ccc(N3CCN(C(=O)Cn4c(SCc5ccc(F)cc5)nc(=O)c5c4CCC5)CC3)cc2)cc1. The predicted molar refractivity (Wildman–Crippen MR) is 182 cm³/mol. The van der Waals surface area contributed by atoms with Crippen molar-refractivity contribution < 1.29 is 26.5 Å².